The molecule has 2 aliphatic rings. The number of carbonyl (C=O) groups is 1. The molecule has 0 spiro atoms. The van der Waals surface area contributed by atoms with Crippen molar-refractivity contribution in [3.8, 4) is 5.75 Å². The number of aliphatic imine (C=N–C) groups is 1. The van der Waals surface area contributed by atoms with Crippen LogP contribution in [0.1, 0.15) is 24.5 Å². The van der Waals surface area contributed by atoms with Gasteiger partial charge in [0.1, 0.15) is 5.75 Å². The molecule has 2 N–H and O–H groups in total. The lowest BCUT2D eigenvalue weighted by atomic mass is 9.96. The highest BCUT2D eigenvalue weighted by molar-refractivity contribution is 14.2. The number of likely N-dealkylation sites (tertiary alicyclic amines) is 1. The van der Waals surface area contributed by atoms with E-state index in [-0.39, 0.29) is 11.7 Å². The Kier molecular flexibility index (Phi) is 6.23. The number of hydrogen-bond acceptors (Lipinski definition) is 4. The first-order chi connectivity index (χ1) is 15.2. The van der Waals surface area contributed by atoms with Crippen LogP contribution in [-0.2, 0) is 11.3 Å². The number of carbonyl (C=O) groups excluding carboxylic acids is 1. The van der Waals surface area contributed by atoms with Gasteiger partial charge in [0, 0.05) is 62.8 Å². The predicted octanol–water partition coefficient (Wildman–Crippen LogP) is 5.04. The molecule has 2 aliphatic heterocycles. The summed E-state index contributed by atoms with van der Waals surface area (Å²) < 4.78 is 31.7. The summed E-state index contributed by atoms with van der Waals surface area (Å²) in [6, 6.07) is 13.9. The summed E-state index contributed by atoms with van der Waals surface area (Å²) in [5, 5.41) is 0. The Morgan fingerprint density at radius 3 is 2.69 bits per heavy atom. The van der Waals surface area contributed by atoms with Gasteiger partial charge in [0.2, 0.25) is 0 Å². The second-order valence-corrected chi connectivity index (χ2v) is 9.67. The molecule has 5 nitrogen and oxygen atoms in total. The number of alkyl halides is 3. The molecule has 2 aromatic rings. The molecule has 1 amide bonds. The number of nitrogen functional groups attached to an aromatic ring is 1. The van der Waals surface area contributed by atoms with Crippen molar-refractivity contribution < 1.29 is 18.3 Å². The lowest BCUT2D eigenvalue weighted by Crippen LogP contribution is -2.37. The number of halogens is 3. The topological polar surface area (TPSA) is 67.9 Å². The standard InChI is InChI=1S/C24H22F2IN3O2/c1-15-21-10-17(11-22(29-15)18-4-3-5-19(28)12-18)14-30(23(21)31)13-16-6-8-20(9-7-16)32-24(25,26)27-2/h3-9,11-12H,2,10,13-14,28H2,1H3. The molecule has 0 atom stereocenters. The number of benzene rings is 2. The SMILES string of the molecule is C=IC(F)(F)Oc1ccc(CN2CC3=CC(c4cccc(N)c4)=NC(C)=C(C3)C2=O)cc1. The zero-order chi connectivity index (χ0) is 22.9. The van der Waals surface area contributed by atoms with E-state index in [2.05, 4.69) is 4.51 Å². The van der Waals surface area contributed by atoms with E-state index in [1.807, 2.05) is 37.3 Å². The van der Waals surface area contributed by atoms with Crippen LogP contribution in [0.15, 0.2) is 76.4 Å². The quantitative estimate of drug-likeness (QED) is 0.312. The minimum Gasteiger partial charge on any atom is -0.425 e. The van der Waals surface area contributed by atoms with Gasteiger partial charge in [-0.1, -0.05) is 28.8 Å². The number of nitrogens with two attached hydrogens (primary N) is 1. The number of allylic oxidation sites excluding steroid dienone is 2. The van der Waals surface area contributed by atoms with E-state index >= 15 is 0 Å². The number of ether oxygens (including phenoxy) is 1. The molecule has 0 unspecified atom stereocenters. The highest BCUT2D eigenvalue weighted by Crippen LogP contribution is 2.32. The number of fused-ring (bicyclic) bond motifs is 2. The predicted molar refractivity (Wildman–Crippen MR) is 131 cm³/mol. The molecule has 1 fully saturated rings. The average molecular weight is 549 g/mol. The monoisotopic (exact) mass is 549 g/mol. The van der Waals surface area contributed by atoms with Gasteiger partial charge in [-0.3, -0.25) is 9.79 Å². The summed E-state index contributed by atoms with van der Waals surface area (Å²) in [6.45, 7) is 2.68. The minimum absolute atomic E-state index is 0.0640. The van der Waals surface area contributed by atoms with E-state index < -0.39 is 24.8 Å². The van der Waals surface area contributed by atoms with Gasteiger partial charge in [-0.25, -0.2) is 0 Å². The average Bonchev–Trinajstić information content (AvgIpc) is 2.90. The fraction of sp³-hybridized carbons (Fsp3) is 0.208. The number of rotatable bonds is 6. The Bertz CT molecular complexity index is 1170. The zero-order valence-corrected chi connectivity index (χ0v) is 19.6. The number of amides is 1. The third kappa shape index (κ3) is 4.95. The summed E-state index contributed by atoms with van der Waals surface area (Å²) in [6.07, 6.45) is 2.58. The van der Waals surface area contributed by atoms with Crippen molar-refractivity contribution in [2.45, 2.75) is 24.0 Å². The summed E-state index contributed by atoms with van der Waals surface area (Å²) >= 11 is -1.62. The van der Waals surface area contributed by atoms with Crippen LogP contribution >= 0.6 is 20.7 Å². The Morgan fingerprint density at radius 2 is 2.00 bits per heavy atom. The van der Waals surface area contributed by atoms with E-state index in [1.54, 1.807) is 17.0 Å². The first-order valence-electron chi connectivity index (χ1n) is 9.92. The van der Waals surface area contributed by atoms with Crippen LogP contribution in [0.2, 0.25) is 0 Å². The van der Waals surface area contributed by atoms with Crippen molar-refractivity contribution in [2.75, 3.05) is 12.3 Å². The minimum atomic E-state index is -3.20. The number of anilines is 1. The number of piperidine rings is 1. The van der Waals surface area contributed by atoms with Crippen LogP contribution in [0.3, 0.4) is 0 Å². The maximum Gasteiger partial charge on any atom is 0.445 e. The van der Waals surface area contributed by atoms with Crippen molar-refractivity contribution in [2.24, 2.45) is 4.99 Å². The number of hydrogen-bond donors (Lipinski definition) is 1. The summed E-state index contributed by atoms with van der Waals surface area (Å²) in [7, 11) is 0. The van der Waals surface area contributed by atoms with Gasteiger partial charge < -0.3 is 15.4 Å². The van der Waals surface area contributed by atoms with Gasteiger partial charge in [-0.05, 0) is 48.4 Å². The van der Waals surface area contributed by atoms with Crippen LogP contribution in [0.5, 0.6) is 5.75 Å². The van der Waals surface area contributed by atoms with E-state index in [1.165, 1.54) is 12.1 Å². The zero-order valence-electron chi connectivity index (χ0n) is 17.4. The molecule has 0 aromatic heterocycles. The summed E-state index contributed by atoms with van der Waals surface area (Å²) in [5.74, 6) is 0.0214. The van der Waals surface area contributed by atoms with Gasteiger partial charge in [-0.15, -0.1) is 0 Å². The molecule has 8 heteroatoms. The second-order valence-electron chi connectivity index (χ2n) is 7.65. The molecular weight excluding hydrogens is 527 g/mol. The molecular formula is C24H22F2IN3O2. The maximum absolute atomic E-state index is 13.4. The fourth-order valence-electron chi connectivity index (χ4n) is 3.74. The Morgan fingerprint density at radius 1 is 1.25 bits per heavy atom. The Hall–Kier alpha value is -2.88. The van der Waals surface area contributed by atoms with Crippen LogP contribution in [0.25, 0.3) is 0 Å². The molecule has 166 valence electrons. The summed E-state index contributed by atoms with van der Waals surface area (Å²) in [4.78, 5) is 19.6. The number of nitrogens with zero attached hydrogens (tertiary/aromatic N) is 2. The Balaban J connectivity index is 1.55. The lowest BCUT2D eigenvalue weighted by Gasteiger charge is -2.30. The first-order valence-corrected chi connectivity index (χ1v) is 12.5. The van der Waals surface area contributed by atoms with E-state index in [0.717, 1.165) is 22.4 Å². The molecule has 1 saturated heterocycles. The molecule has 4 rings (SSSR count). The van der Waals surface area contributed by atoms with E-state index in [4.69, 9.17) is 15.5 Å². The molecule has 0 aliphatic carbocycles. The van der Waals surface area contributed by atoms with Gasteiger partial charge >= 0.3 is 4.12 Å². The molecule has 2 bridgehead atoms. The Labute approximate surface area is 195 Å². The van der Waals surface area contributed by atoms with Crippen LogP contribution in [0.4, 0.5) is 14.5 Å². The maximum atomic E-state index is 13.4. The van der Waals surface area contributed by atoms with Crippen LogP contribution < -0.4 is 10.5 Å². The summed E-state index contributed by atoms with van der Waals surface area (Å²) in [5.41, 5.74) is 11.5. The van der Waals surface area contributed by atoms with Gasteiger partial charge in [-0.2, -0.15) is 8.78 Å². The lowest BCUT2D eigenvalue weighted by molar-refractivity contribution is -0.128. The molecule has 32 heavy (non-hydrogen) atoms. The first kappa shape index (κ1) is 22.3. The molecule has 0 saturated carbocycles. The fourth-order valence-corrected chi connectivity index (χ4v) is 4.15. The van der Waals surface area contributed by atoms with Crippen LogP contribution in [-0.4, -0.2) is 31.7 Å². The highest BCUT2D eigenvalue weighted by Gasteiger charge is 2.30. The van der Waals surface area contributed by atoms with Crippen molar-refractivity contribution in [3.05, 3.63) is 82.6 Å². The van der Waals surface area contributed by atoms with E-state index in [9.17, 15) is 13.6 Å². The van der Waals surface area contributed by atoms with E-state index in [0.29, 0.717) is 36.5 Å². The van der Waals surface area contributed by atoms with Crippen molar-refractivity contribution in [1.29, 1.82) is 0 Å². The van der Waals surface area contributed by atoms with Gasteiger partial charge in [0.25, 0.3) is 5.91 Å². The second kappa shape index (κ2) is 8.93. The highest BCUT2D eigenvalue weighted by atomic mass is 127. The normalized spacial score (nSPS) is 16.5. The third-order valence-corrected chi connectivity index (χ3v) is 6.39. The van der Waals surface area contributed by atoms with Crippen molar-refractivity contribution in [3.63, 3.8) is 0 Å². The van der Waals surface area contributed by atoms with Crippen LogP contribution in [0, 0.1) is 0 Å². The molecule has 0 radical (unpaired) electrons. The van der Waals surface area contributed by atoms with Gasteiger partial charge in [0.05, 0.1) is 5.71 Å². The molecule has 2 aromatic carbocycles. The molecule has 2 heterocycles. The van der Waals surface area contributed by atoms with Crippen molar-refractivity contribution in [1.82, 2.24) is 4.90 Å². The van der Waals surface area contributed by atoms with Gasteiger partial charge in [0.15, 0.2) is 0 Å². The van der Waals surface area contributed by atoms with Crippen molar-refractivity contribution >= 4 is 42.6 Å². The largest absolute Gasteiger partial charge is 0.445 e. The third-order valence-electron chi connectivity index (χ3n) is 5.28. The smallest absolute Gasteiger partial charge is 0.425 e.